The lowest BCUT2D eigenvalue weighted by Gasteiger charge is -2.23. The van der Waals surface area contributed by atoms with E-state index < -0.39 is 41.8 Å². The number of carboxylic acids is 1. The molecule has 0 saturated heterocycles. The number of nitrogens with one attached hydrogen (secondary N) is 3. The second-order valence-electron chi connectivity index (χ2n) is 6.70. The number of thiol groups is 1. The number of aliphatic imine (C=N–C) groups is 1. The maximum absolute atomic E-state index is 12.6. The second kappa shape index (κ2) is 16.2. The normalized spacial score (nSPS) is 13.4. The summed E-state index contributed by atoms with van der Waals surface area (Å²) < 4.78 is 0. The lowest BCUT2D eigenvalue weighted by Crippen LogP contribution is -2.56. The van der Waals surface area contributed by atoms with Crippen LogP contribution in [0.5, 0.6) is 0 Å². The molecule has 3 amide bonds. The minimum absolute atomic E-state index is 0.0851. The van der Waals surface area contributed by atoms with Gasteiger partial charge in [-0.05, 0) is 38.6 Å². The molecule has 0 rings (SSSR count). The number of hydrogen-bond acceptors (Lipinski definition) is 8. The molecule has 0 heterocycles. The Bertz CT molecular complexity index is 630. The molecular formula is C17H34N8O5S. The van der Waals surface area contributed by atoms with Gasteiger partial charge in [-0.15, -0.1) is 0 Å². The number of rotatable bonds is 16. The van der Waals surface area contributed by atoms with Crippen molar-refractivity contribution in [1.29, 1.82) is 0 Å². The highest BCUT2D eigenvalue weighted by Crippen LogP contribution is 2.04. The molecule has 0 aromatic carbocycles. The van der Waals surface area contributed by atoms with Crippen molar-refractivity contribution in [2.75, 3.05) is 25.4 Å². The third-order valence-corrected chi connectivity index (χ3v) is 4.52. The van der Waals surface area contributed by atoms with Gasteiger partial charge in [-0.2, -0.15) is 12.6 Å². The lowest BCUT2D eigenvalue weighted by atomic mass is 10.1. The number of hydrogen-bond donors (Lipinski definition) is 9. The van der Waals surface area contributed by atoms with Crippen LogP contribution in [0.3, 0.4) is 0 Å². The predicted octanol–water partition coefficient (Wildman–Crippen LogP) is -3.40. The van der Waals surface area contributed by atoms with Crippen LogP contribution in [0.1, 0.15) is 32.1 Å². The highest BCUT2D eigenvalue weighted by Gasteiger charge is 2.28. The van der Waals surface area contributed by atoms with E-state index in [0.29, 0.717) is 25.8 Å². The summed E-state index contributed by atoms with van der Waals surface area (Å²) in [6.07, 6.45) is 1.90. The SMILES string of the molecule is NCCCCC(NC(=O)C(CS)NC(=O)C(CCCN=C(N)N)NC(=O)CN)C(=O)O. The minimum atomic E-state index is -1.19. The maximum atomic E-state index is 12.6. The molecule has 0 aliphatic carbocycles. The van der Waals surface area contributed by atoms with Crippen LogP contribution >= 0.6 is 12.6 Å². The largest absolute Gasteiger partial charge is 0.480 e. The molecule has 14 heteroatoms. The Morgan fingerprint density at radius 2 is 1.45 bits per heavy atom. The van der Waals surface area contributed by atoms with Gasteiger partial charge in [0.15, 0.2) is 5.96 Å². The van der Waals surface area contributed by atoms with E-state index in [0.717, 1.165) is 0 Å². The fraction of sp³-hybridized carbons (Fsp3) is 0.706. The van der Waals surface area contributed by atoms with Crippen LogP contribution in [0, 0.1) is 0 Å². The average molecular weight is 463 g/mol. The first-order valence-electron chi connectivity index (χ1n) is 9.85. The van der Waals surface area contributed by atoms with Crippen LogP contribution in [-0.4, -0.2) is 78.3 Å². The number of aliphatic carboxylic acids is 1. The molecule has 3 unspecified atom stereocenters. The van der Waals surface area contributed by atoms with Gasteiger partial charge in [0.05, 0.1) is 6.54 Å². The number of unbranched alkanes of at least 4 members (excludes halogenated alkanes) is 1. The smallest absolute Gasteiger partial charge is 0.326 e. The molecule has 31 heavy (non-hydrogen) atoms. The summed E-state index contributed by atoms with van der Waals surface area (Å²) in [5, 5.41) is 16.6. The van der Waals surface area contributed by atoms with Gasteiger partial charge in [0, 0.05) is 12.3 Å². The third-order valence-electron chi connectivity index (χ3n) is 4.16. The molecule has 3 atom stereocenters. The number of nitrogens with two attached hydrogens (primary N) is 4. The molecule has 13 nitrogen and oxygen atoms in total. The maximum Gasteiger partial charge on any atom is 0.326 e. The Kier molecular flexibility index (Phi) is 14.8. The molecule has 0 spiro atoms. The van der Waals surface area contributed by atoms with Crippen molar-refractivity contribution in [3.63, 3.8) is 0 Å². The van der Waals surface area contributed by atoms with Crippen molar-refractivity contribution in [3.8, 4) is 0 Å². The van der Waals surface area contributed by atoms with Gasteiger partial charge in [-0.25, -0.2) is 4.79 Å². The molecule has 0 aliphatic rings. The number of carbonyl (C=O) groups excluding carboxylic acids is 3. The first-order valence-corrected chi connectivity index (χ1v) is 10.5. The molecule has 12 N–H and O–H groups in total. The van der Waals surface area contributed by atoms with Gasteiger partial charge in [0.25, 0.3) is 0 Å². The number of guanidine groups is 1. The average Bonchev–Trinajstić information content (AvgIpc) is 2.72. The van der Waals surface area contributed by atoms with E-state index in [1.165, 1.54) is 0 Å². The van der Waals surface area contributed by atoms with Gasteiger partial charge in [0.2, 0.25) is 17.7 Å². The Morgan fingerprint density at radius 3 is 1.97 bits per heavy atom. The van der Waals surface area contributed by atoms with Crippen molar-refractivity contribution >= 4 is 42.3 Å². The van der Waals surface area contributed by atoms with E-state index in [9.17, 15) is 24.3 Å². The zero-order valence-electron chi connectivity index (χ0n) is 17.4. The monoisotopic (exact) mass is 462 g/mol. The highest BCUT2D eigenvalue weighted by atomic mass is 32.1. The Morgan fingerprint density at radius 1 is 0.871 bits per heavy atom. The molecule has 0 aromatic heterocycles. The van der Waals surface area contributed by atoms with Crippen LogP contribution in [0.2, 0.25) is 0 Å². The van der Waals surface area contributed by atoms with Gasteiger partial charge >= 0.3 is 5.97 Å². The standard InChI is InChI=1S/C17H34N8O5S/c18-6-2-1-4-11(16(29)30)24-15(28)12(9-31)25-14(27)10(23-13(26)8-19)5-3-7-22-17(20)21/h10-12,31H,1-9,18-19H2,(H,23,26)(H,24,28)(H,25,27)(H,29,30)(H4,20,21,22). The molecular weight excluding hydrogens is 428 g/mol. The number of nitrogens with zero attached hydrogens (tertiary/aromatic N) is 1. The zero-order valence-corrected chi connectivity index (χ0v) is 18.3. The van der Waals surface area contributed by atoms with Crippen LogP contribution < -0.4 is 38.9 Å². The van der Waals surface area contributed by atoms with Crippen molar-refractivity contribution < 1.29 is 24.3 Å². The topological polar surface area (TPSA) is 241 Å². The molecule has 0 bridgehead atoms. The van der Waals surface area contributed by atoms with Crippen LogP contribution in [-0.2, 0) is 19.2 Å². The summed E-state index contributed by atoms with van der Waals surface area (Å²) in [4.78, 5) is 51.9. The lowest BCUT2D eigenvalue weighted by molar-refractivity contribution is -0.142. The van der Waals surface area contributed by atoms with E-state index in [1.807, 2.05) is 0 Å². The van der Waals surface area contributed by atoms with E-state index in [2.05, 4.69) is 33.6 Å². The van der Waals surface area contributed by atoms with Gasteiger partial charge in [-0.1, -0.05) is 0 Å². The van der Waals surface area contributed by atoms with E-state index >= 15 is 0 Å². The summed E-state index contributed by atoms with van der Waals surface area (Å²) in [5.41, 5.74) is 21.2. The molecule has 178 valence electrons. The van der Waals surface area contributed by atoms with Crippen molar-refractivity contribution in [3.05, 3.63) is 0 Å². The van der Waals surface area contributed by atoms with Gasteiger partial charge < -0.3 is 44.0 Å². The number of carboxylic acid groups (broad SMARTS) is 1. The Balaban J connectivity index is 5.05. The first kappa shape index (κ1) is 28.4. The summed E-state index contributed by atoms with van der Waals surface area (Å²) >= 11 is 4.06. The Hall–Kier alpha value is -2.58. The number of carbonyl (C=O) groups is 4. The number of amides is 3. The summed E-state index contributed by atoms with van der Waals surface area (Å²) in [6.45, 7) is 0.330. The molecule has 0 aromatic rings. The Labute approximate surface area is 186 Å². The van der Waals surface area contributed by atoms with Gasteiger partial charge in [-0.3, -0.25) is 19.4 Å². The molecule has 0 radical (unpaired) electrons. The van der Waals surface area contributed by atoms with Crippen LogP contribution in [0.15, 0.2) is 4.99 Å². The quantitative estimate of drug-likeness (QED) is 0.0479. The fourth-order valence-corrected chi connectivity index (χ4v) is 2.77. The van der Waals surface area contributed by atoms with E-state index in [1.54, 1.807) is 0 Å². The van der Waals surface area contributed by atoms with Crippen LogP contribution in [0.25, 0.3) is 0 Å². The zero-order chi connectivity index (χ0) is 23.8. The van der Waals surface area contributed by atoms with Crippen LogP contribution in [0.4, 0.5) is 0 Å². The van der Waals surface area contributed by atoms with Gasteiger partial charge in [0.1, 0.15) is 18.1 Å². The second-order valence-corrected chi connectivity index (χ2v) is 7.07. The first-order chi connectivity index (χ1) is 14.7. The minimum Gasteiger partial charge on any atom is -0.480 e. The third kappa shape index (κ3) is 12.7. The summed E-state index contributed by atoms with van der Waals surface area (Å²) in [6, 6.07) is -3.21. The summed E-state index contributed by atoms with van der Waals surface area (Å²) in [7, 11) is 0. The van der Waals surface area contributed by atoms with Crippen molar-refractivity contribution in [2.24, 2.45) is 27.9 Å². The van der Waals surface area contributed by atoms with E-state index in [4.69, 9.17) is 22.9 Å². The predicted molar refractivity (Wildman–Crippen MR) is 119 cm³/mol. The summed E-state index contributed by atoms with van der Waals surface area (Å²) in [5.74, 6) is -3.28. The van der Waals surface area contributed by atoms with Crippen molar-refractivity contribution in [2.45, 2.75) is 50.2 Å². The molecule has 0 fully saturated rings. The van der Waals surface area contributed by atoms with Crippen molar-refractivity contribution in [1.82, 2.24) is 16.0 Å². The fourth-order valence-electron chi connectivity index (χ4n) is 2.51. The van der Waals surface area contributed by atoms with E-state index in [-0.39, 0.29) is 37.6 Å². The highest BCUT2D eigenvalue weighted by molar-refractivity contribution is 7.80. The molecule has 0 saturated carbocycles. The molecule has 0 aliphatic heterocycles.